The predicted molar refractivity (Wildman–Crippen MR) is 77.0 cm³/mol. The highest BCUT2D eigenvalue weighted by atomic mass is 19.4. The zero-order valence-corrected chi connectivity index (χ0v) is 13.1. The zero-order valence-electron chi connectivity index (χ0n) is 13.1. The van der Waals surface area contributed by atoms with Crippen LogP contribution in [0.3, 0.4) is 0 Å². The van der Waals surface area contributed by atoms with Crippen molar-refractivity contribution in [2.24, 2.45) is 5.41 Å². The molecule has 0 saturated carbocycles. The number of carbonyl (C=O) groups excluding carboxylic acids is 2. The molecule has 1 aliphatic heterocycles. The highest BCUT2D eigenvalue weighted by molar-refractivity contribution is 5.86. The lowest BCUT2D eigenvalue weighted by Gasteiger charge is -2.24. The van der Waals surface area contributed by atoms with Gasteiger partial charge in [-0.2, -0.15) is 18.4 Å². The Morgan fingerprint density at radius 3 is 2.67 bits per heavy atom. The molecular formula is C16H15F3N2O3. The van der Waals surface area contributed by atoms with Gasteiger partial charge in [-0.15, -0.1) is 0 Å². The van der Waals surface area contributed by atoms with E-state index in [0.717, 1.165) is 6.07 Å². The summed E-state index contributed by atoms with van der Waals surface area (Å²) in [5, 5.41) is 8.79. The second-order valence-electron chi connectivity index (χ2n) is 6.19. The highest BCUT2D eigenvalue weighted by Gasteiger charge is 2.48. The first-order chi connectivity index (χ1) is 11.1. The summed E-state index contributed by atoms with van der Waals surface area (Å²) in [4.78, 5) is 24.2. The molecule has 1 unspecified atom stereocenters. The maximum absolute atomic E-state index is 13.0. The van der Waals surface area contributed by atoms with Crippen molar-refractivity contribution in [3.63, 3.8) is 0 Å². The summed E-state index contributed by atoms with van der Waals surface area (Å²) < 4.78 is 44.5. The van der Waals surface area contributed by atoms with Crippen LogP contribution in [0.5, 0.6) is 5.75 Å². The normalized spacial score (nSPS) is 19.9. The number of alkyl halides is 3. The van der Waals surface area contributed by atoms with E-state index in [0.29, 0.717) is 12.4 Å². The third-order valence-electron chi connectivity index (χ3n) is 3.81. The topological polar surface area (TPSA) is 70.4 Å². The number of carbonyl (C=O) groups is 2. The number of halogens is 3. The van der Waals surface area contributed by atoms with Crippen LogP contribution in [0, 0.1) is 16.7 Å². The lowest BCUT2D eigenvalue weighted by molar-refractivity contribution is -0.138. The van der Waals surface area contributed by atoms with Gasteiger partial charge in [-0.3, -0.25) is 4.79 Å². The van der Waals surface area contributed by atoms with Gasteiger partial charge >= 0.3 is 6.18 Å². The lowest BCUT2D eigenvalue weighted by Crippen LogP contribution is -2.37. The van der Waals surface area contributed by atoms with E-state index in [-0.39, 0.29) is 18.8 Å². The monoisotopic (exact) mass is 340 g/mol. The Balaban J connectivity index is 2.33. The fourth-order valence-electron chi connectivity index (χ4n) is 2.67. The number of hydrogen-bond donors (Lipinski definition) is 0. The molecule has 1 fully saturated rings. The van der Waals surface area contributed by atoms with Crippen molar-refractivity contribution in [3.05, 3.63) is 29.3 Å². The number of hydrogen-bond acceptors (Lipinski definition) is 4. The van der Waals surface area contributed by atoms with Crippen LogP contribution in [0.2, 0.25) is 0 Å². The second-order valence-corrected chi connectivity index (χ2v) is 6.19. The molecule has 1 amide bonds. The van der Waals surface area contributed by atoms with Crippen molar-refractivity contribution in [1.29, 1.82) is 5.26 Å². The minimum Gasteiger partial charge on any atom is -0.480 e. The summed E-state index contributed by atoms with van der Waals surface area (Å²) in [6.45, 7) is 3.63. The number of nitrogens with zero attached hydrogens (tertiary/aromatic N) is 2. The molecular weight excluding hydrogens is 325 g/mol. The Bertz CT molecular complexity index is 707. The molecule has 24 heavy (non-hydrogen) atoms. The Morgan fingerprint density at radius 2 is 2.12 bits per heavy atom. The first-order valence-corrected chi connectivity index (χ1v) is 7.10. The van der Waals surface area contributed by atoms with E-state index < -0.39 is 34.7 Å². The molecule has 0 N–H and O–H groups in total. The van der Waals surface area contributed by atoms with Crippen molar-refractivity contribution >= 4 is 12.2 Å². The Hall–Kier alpha value is -2.56. The van der Waals surface area contributed by atoms with Crippen molar-refractivity contribution in [2.45, 2.75) is 26.1 Å². The molecule has 1 saturated heterocycles. The molecule has 1 aromatic rings. The number of ether oxygens (including phenoxy) is 1. The molecule has 1 heterocycles. The fraction of sp³-hybridized carbons (Fsp3) is 0.438. The minimum atomic E-state index is -4.71. The van der Waals surface area contributed by atoms with Gasteiger partial charge in [0, 0.05) is 12.0 Å². The van der Waals surface area contributed by atoms with Gasteiger partial charge in [0.15, 0.2) is 6.10 Å². The van der Waals surface area contributed by atoms with Crippen LogP contribution in [0.1, 0.15) is 25.0 Å². The number of likely N-dealkylation sites (tertiary alicyclic amines) is 1. The molecule has 8 heteroatoms. The molecule has 5 nitrogen and oxygen atoms in total. The fourth-order valence-corrected chi connectivity index (χ4v) is 2.67. The first-order valence-electron chi connectivity index (χ1n) is 7.10. The molecule has 1 aromatic carbocycles. The van der Waals surface area contributed by atoms with E-state index >= 15 is 0 Å². The van der Waals surface area contributed by atoms with Crippen LogP contribution < -0.4 is 4.74 Å². The second kappa shape index (κ2) is 6.15. The van der Waals surface area contributed by atoms with Gasteiger partial charge in [0.2, 0.25) is 0 Å². The number of aldehydes is 1. The maximum atomic E-state index is 13.0. The number of benzene rings is 1. The SMILES string of the molecule is CC1(C)CN(CC=O)C(=O)C1Oc1ccc(C#N)c(C(F)(F)F)c1. The maximum Gasteiger partial charge on any atom is 0.417 e. The smallest absolute Gasteiger partial charge is 0.417 e. The van der Waals surface area contributed by atoms with Gasteiger partial charge in [-0.25, -0.2) is 0 Å². The molecule has 0 aliphatic carbocycles. The summed E-state index contributed by atoms with van der Waals surface area (Å²) in [5.74, 6) is -0.606. The molecule has 1 atom stereocenters. The van der Waals surface area contributed by atoms with Crippen LogP contribution >= 0.6 is 0 Å². The van der Waals surface area contributed by atoms with Crippen molar-refractivity contribution in [2.75, 3.05) is 13.1 Å². The van der Waals surface area contributed by atoms with E-state index in [1.165, 1.54) is 17.0 Å². The summed E-state index contributed by atoms with van der Waals surface area (Å²) in [6, 6.07) is 4.42. The molecule has 0 spiro atoms. The van der Waals surface area contributed by atoms with Crippen LogP contribution in [-0.2, 0) is 15.8 Å². The van der Waals surface area contributed by atoms with Gasteiger partial charge in [0.1, 0.15) is 12.0 Å². The van der Waals surface area contributed by atoms with Gasteiger partial charge in [0.25, 0.3) is 5.91 Å². The molecule has 2 rings (SSSR count). The van der Waals surface area contributed by atoms with Gasteiger partial charge in [0.05, 0.1) is 23.7 Å². The van der Waals surface area contributed by atoms with Crippen LogP contribution in [0.15, 0.2) is 18.2 Å². The zero-order chi connectivity index (χ0) is 18.1. The van der Waals surface area contributed by atoms with Crippen LogP contribution in [0.25, 0.3) is 0 Å². The quantitative estimate of drug-likeness (QED) is 0.789. The third kappa shape index (κ3) is 3.35. The van der Waals surface area contributed by atoms with Crippen molar-refractivity contribution in [1.82, 2.24) is 4.90 Å². The summed E-state index contributed by atoms with van der Waals surface area (Å²) in [7, 11) is 0. The third-order valence-corrected chi connectivity index (χ3v) is 3.81. The summed E-state index contributed by atoms with van der Waals surface area (Å²) >= 11 is 0. The van der Waals surface area contributed by atoms with Crippen molar-refractivity contribution < 1.29 is 27.5 Å². The summed E-state index contributed by atoms with van der Waals surface area (Å²) in [6.07, 6.45) is -5.13. The number of amides is 1. The average Bonchev–Trinajstić information content (AvgIpc) is 2.70. The molecule has 128 valence electrons. The van der Waals surface area contributed by atoms with E-state index in [1.54, 1.807) is 13.8 Å². The lowest BCUT2D eigenvalue weighted by atomic mass is 9.89. The standard InChI is InChI=1S/C16H15F3N2O3/c1-15(2)9-21(5-6-22)14(23)13(15)24-11-4-3-10(8-20)12(7-11)16(17,18)19/h3-4,6-7,13H,5,9H2,1-2H3. The molecule has 0 radical (unpaired) electrons. The predicted octanol–water partition coefficient (Wildman–Crippen LogP) is 2.39. The number of nitriles is 1. The largest absolute Gasteiger partial charge is 0.480 e. The van der Waals surface area contributed by atoms with Gasteiger partial charge in [-0.05, 0) is 18.2 Å². The number of rotatable bonds is 4. The van der Waals surface area contributed by atoms with Crippen LogP contribution in [0.4, 0.5) is 13.2 Å². The Morgan fingerprint density at radius 1 is 1.46 bits per heavy atom. The van der Waals surface area contributed by atoms with E-state index in [9.17, 15) is 22.8 Å². The van der Waals surface area contributed by atoms with Gasteiger partial charge < -0.3 is 14.4 Å². The molecule has 0 bridgehead atoms. The van der Waals surface area contributed by atoms with Gasteiger partial charge in [-0.1, -0.05) is 13.8 Å². The van der Waals surface area contributed by atoms with E-state index in [2.05, 4.69) is 0 Å². The molecule has 0 aromatic heterocycles. The average molecular weight is 340 g/mol. The van der Waals surface area contributed by atoms with Crippen LogP contribution in [-0.4, -0.2) is 36.3 Å². The Kier molecular flexibility index (Phi) is 4.56. The van der Waals surface area contributed by atoms with Crippen molar-refractivity contribution in [3.8, 4) is 11.8 Å². The Labute approximate surface area is 136 Å². The summed E-state index contributed by atoms with van der Waals surface area (Å²) in [5.41, 5.74) is -2.31. The highest BCUT2D eigenvalue weighted by Crippen LogP contribution is 2.37. The first kappa shape index (κ1) is 17.8. The van der Waals surface area contributed by atoms with E-state index in [4.69, 9.17) is 10.00 Å². The van der Waals surface area contributed by atoms with E-state index in [1.807, 2.05) is 0 Å². The minimum absolute atomic E-state index is 0.0940. The molecule has 1 aliphatic rings.